The molecule has 1 saturated carbocycles. The Kier molecular flexibility index (Phi) is 8.79. The SMILES string of the molecule is CCCCN1CCN(C(=O)c2ccc(C3CCC(NC(C)c4ccc(F)c(OC)c4)C3)cc2)CC1. The van der Waals surface area contributed by atoms with Crippen molar-refractivity contribution in [1.82, 2.24) is 15.1 Å². The highest BCUT2D eigenvalue weighted by Gasteiger charge is 2.28. The molecule has 2 aromatic carbocycles. The number of halogens is 1. The number of hydrogen-bond donors (Lipinski definition) is 1. The first-order chi connectivity index (χ1) is 17.0. The van der Waals surface area contributed by atoms with Crippen LogP contribution < -0.4 is 10.1 Å². The molecule has 2 aromatic rings. The van der Waals surface area contributed by atoms with Crippen molar-refractivity contribution in [1.29, 1.82) is 0 Å². The molecule has 6 heteroatoms. The molecule has 35 heavy (non-hydrogen) atoms. The van der Waals surface area contributed by atoms with E-state index in [0.29, 0.717) is 12.0 Å². The van der Waals surface area contributed by atoms with Gasteiger partial charge < -0.3 is 15.0 Å². The van der Waals surface area contributed by atoms with Crippen LogP contribution in [0.2, 0.25) is 0 Å². The molecule has 1 N–H and O–H groups in total. The summed E-state index contributed by atoms with van der Waals surface area (Å²) in [5.41, 5.74) is 3.13. The molecular formula is C29H40FN3O2. The third kappa shape index (κ3) is 6.42. The van der Waals surface area contributed by atoms with Gasteiger partial charge in [-0.3, -0.25) is 9.69 Å². The van der Waals surface area contributed by atoms with Gasteiger partial charge in [0.15, 0.2) is 11.6 Å². The quantitative estimate of drug-likeness (QED) is 0.522. The molecule has 0 aromatic heterocycles. The number of hydrogen-bond acceptors (Lipinski definition) is 4. The summed E-state index contributed by atoms with van der Waals surface area (Å²) in [7, 11) is 1.50. The minimum Gasteiger partial charge on any atom is -0.494 e. The van der Waals surface area contributed by atoms with E-state index in [9.17, 15) is 9.18 Å². The van der Waals surface area contributed by atoms with Crippen molar-refractivity contribution in [2.45, 2.75) is 64.0 Å². The standard InChI is InChI=1S/C29H40FN3O2/c1-4-5-14-32-15-17-33(18-16-32)29(34)23-8-6-22(7-9-23)25-10-12-26(19-25)31-21(2)24-11-13-27(30)28(20-24)35-3/h6-9,11,13,20-21,25-26,31H,4-5,10,12,14-19H2,1-3H3. The van der Waals surface area contributed by atoms with Gasteiger partial charge in [-0.1, -0.05) is 31.5 Å². The minimum absolute atomic E-state index is 0.121. The van der Waals surface area contributed by atoms with Crippen LogP contribution in [0.4, 0.5) is 4.39 Å². The lowest BCUT2D eigenvalue weighted by atomic mass is 9.96. The summed E-state index contributed by atoms with van der Waals surface area (Å²) in [6.45, 7) is 9.06. The summed E-state index contributed by atoms with van der Waals surface area (Å²) in [5, 5.41) is 3.71. The smallest absolute Gasteiger partial charge is 0.253 e. The molecule has 5 nitrogen and oxygen atoms in total. The molecule has 4 rings (SSSR count). The summed E-state index contributed by atoms with van der Waals surface area (Å²) >= 11 is 0. The molecule has 2 aliphatic rings. The van der Waals surface area contributed by atoms with Crippen molar-refractivity contribution >= 4 is 5.91 Å². The maximum absolute atomic E-state index is 13.7. The summed E-state index contributed by atoms with van der Waals surface area (Å²) in [4.78, 5) is 17.5. The van der Waals surface area contributed by atoms with Crippen molar-refractivity contribution < 1.29 is 13.9 Å². The Hall–Kier alpha value is -2.44. The van der Waals surface area contributed by atoms with Gasteiger partial charge in [0.05, 0.1) is 7.11 Å². The summed E-state index contributed by atoms with van der Waals surface area (Å²) in [6, 6.07) is 13.9. The Balaban J connectivity index is 1.28. The van der Waals surface area contributed by atoms with Crippen LogP contribution >= 0.6 is 0 Å². The van der Waals surface area contributed by atoms with Crippen molar-refractivity contribution in [2.24, 2.45) is 0 Å². The second-order valence-electron chi connectivity index (χ2n) is 10.1. The third-order valence-corrected chi connectivity index (χ3v) is 7.71. The number of rotatable bonds is 9. The molecule has 1 aliphatic heterocycles. The van der Waals surface area contributed by atoms with E-state index in [-0.39, 0.29) is 23.5 Å². The molecule has 0 radical (unpaired) electrons. The fourth-order valence-electron chi connectivity index (χ4n) is 5.47. The van der Waals surface area contributed by atoms with Crippen LogP contribution in [-0.2, 0) is 0 Å². The molecule has 3 atom stereocenters. The highest BCUT2D eigenvalue weighted by atomic mass is 19.1. The number of methoxy groups -OCH3 is 1. The predicted octanol–water partition coefficient (Wildman–Crippen LogP) is 5.38. The maximum atomic E-state index is 13.7. The van der Waals surface area contributed by atoms with Gasteiger partial charge >= 0.3 is 0 Å². The number of piperazine rings is 1. The Morgan fingerprint density at radius 3 is 2.54 bits per heavy atom. The molecule has 0 spiro atoms. The van der Waals surface area contributed by atoms with E-state index >= 15 is 0 Å². The van der Waals surface area contributed by atoms with Crippen LogP contribution in [0.5, 0.6) is 5.75 Å². The van der Waals surface area contributed by atoms with Crippen LogP contribution in [0, 0.1) is 5.82 Å². The number of amides is 1. The number of nitrogens with one attached hydrogen (secondary N) is 1. The van der Waals surface area contributed by atoms with Gasteiger partial charge in [-0.25, -0.2) is 4.39 Å². The van der Waals surface area contributed by atoms with Crippen molar-refractivity contribution in [2.75, 3.05) is 39.8 Å². The van der Waals surface area contributed by atoms with Gasteiger partial charge in [0.25, 0.3) is 5.91 Å². The average molecular weight is 482 g/mol. The summed E-state index contributed by atoms with van der Waals surface area (Å²) < 4.78 is 18.9. The first-order valence-corrected chi connectivity index (χ1v) is 13.2. The number of ether oxygens (including phenoxy) is 1. The lowest BCUT2D eigenvalue weighted by molar-refractivity contribution is 0.0635. The third-order valence-electron chi connectivity index (χ3n) is 7.71. The van der Waals surface area contributed by atoms with Crippen molar-refractivity contribution in [3.8, 4) is 5.75 Å². The van der Waals surface area contributed by atoms with Crippen LogP contribution in [0.3, 0.4) is 0 Å². The summed E-state index contributed by atoms with van der Waals surface area (Å²) in [6.07, 6.45) is 5.74. The molecule has 3 unspecified atom stereocenters. The lowest BCUT2D eigenvalue weighted by Gasteiger charge is -2.34. The number of carbonyl (C=O) groups is 1. The number of carbonyl (C=O) groups excluding carboxylic acids is 1. The molecule has 0 bridgehead atoms. The topological polar surface area (TPSA) is 44.8 Å². The average Bonchev–Trinajstić information content (AvgIpc) is 3.36. The first-order valence-electron chi connectivity index (χ1n) is 13.2. The summed E-state index contributed by atoms with van der Waals surface area (Å²) in [5.74, 6) is 0.601. The lowest BCUT2D eigenvalue weighted by Crippen LogP contribution is -2.48. The largest absolute Gasteiger partial charge is 0.494 e. The van der Waals surface area contributed by atoms with Crippen LogP contribution in [0.15, 0.2) is 42.5 Å². The molecule has 1 aliphatic carbocycles. The Morgan fingerprint density at radius 2 is 1.86 bits per heavy atom. The molecule has 1 heterocycles. The fraction of sp³-hybridized carbons (Fsp3) is 0.552. The Morgan fingerprint density at radius 1 is 1.11 bits per heavy atom. The number of nitrogens with zero attached hydrogens (tertiary/aromatic N) is 2. The fourth-order valence-corrected chi connectivity index (χ4v) is 5.47. The zero-order valence-corrected chi connectivity index (χ0v) is 21.4. The Labute approximate surface area is 209 Å². The highest BCUT2D eigenvalue weighted by molar-refractivity contribution is 5.94. The number of benzene rings is 2. The Bertz CT molecular complexity index is 972. The number of unbranched alkanes of at least 4 members (excludes halogenated alkanes) is 1. The van der Waals surface area contributed by atoms with Gasteiger partial charge in [-0.15, -0.1) is 0 Å². The maximum Gasteiger partial charge on any atom is 0.253 e. The zero-order chi connectivity index (χ0) is 24.8. The van der Waals surface area contributed by atoms with E-state index in [1.54, 1.807) is 6.07 Å². The molecule has 1 amide bonds. The van der Waals surface area contributed by atoms with Gasteiger partial charge in [0, 0.05) is 43.8 Å². The molecule has 190 valence electrons. The molecule has 1 saturated heterocycles. The van der Waals surface area contributed by atoms with E-state index in [0.717, 1.165) is 63.1 Å². The second-order valence-corrected chi connectivity index (χ2v) is 10.1. The van der Waals surface area contributed by atoms with Crippen molar-refractivity contribution in [3.05, 3.63) is 65.0 Å². The normalized spacial score (nSPS) is 21.8. The van der Waals surface area contributed by atoms with Gasteiger partial charge in [0.1, 0.15) is 0 Å². The van der Waals surface area contributed by atoms with Gasteiger partial charge in [-0.2, -0.15) is 0 Å². The highest BCUT2D eigenvalue weighted by Crippen LogP contribution is 2.36. The van der Waals surface area contributed by atoms with E-state index in [1.165, 1.54) is 31.6 Å². The zero-order valence-electron chi connectivity index (χ0n) is 21.4. The van der Waals surface area contributed by atoms with E-state index < -0.39 is 0 Å². The van der Waals surface area contributed by atoms with E-state index in [2.05, 4.69) is 36.2 Å². The predicted molar refractivity (Wildman–Crippen MR) is 139 cm³/mol. The van der Waals surface area contributed by atoms with Crippen molar-refractivity contribution in [3.63, 3.8) is 0 Å². The monoisotopic (exact) mass is 481 g/mol. The molecule has 2 fully saturated rings. The van der Waals surface area contributed by atoms with E-state index in [1.807, 2.05) is 23.1 Å². The van der Waals surface area contributed by atoms with Gasteiger partial charge in [-0.05, 0) is 80.5 Å². The van der Waals surface area contributed by atoms with Crippen LogP contribution in [0.1, 0.15) is 79.4 Å². The van der Waals surface area contributed by atoms with E-state index in [4.69, 9.17) is 4.74 Å². The molecular weight excluding hydrogens is 441 g/mol. The van der Waals surface area contributed by atoms with Gasteiger partial charge in [0.2, 0.25) is 0 Å². The van der Waals surface area contributed by atoms with Crippen LogP contribution in [0.25, 0.3) is 0 Å². The second kappa shape index (κ2) is 12.0. The minimum atomic E-state index is -0.333. The van der Waals surface area contributed by atoms with Crippen LogP contribution in [-0.4, -0.2) is 61.6 Å². The first kappa shape index (κ1) is 25.6.